The van der Waals surface area contributed by atoms with Crippen molar-refractivity contribution in [1.29, 1.82) is 0 Å². The number of halogens is 1. The fraction of sp³-hybridized carbons (Fsp3) is 0.562. The standard InChI is InChI=1S/C16H25N3O4S.ClH/c1-3-19(4-2)24(21,22)14-7-5-13(6-8-14)11-18-16(20)15-12-17-9-10-23-15;/h5-8,15,17H,3-4,9-12H2,1-2H3,(H,18,20);1H. The van der Waals surface area contributed by atoms with Crippen LogP contribution in [0.25, 0.3) is 0 Å². The van der Waals surface area contributed by atoms with Gasteiger partial charge in [-0.3, -0.25) is 4.79 Å². The molecule has 9 heteroatoms. The summed E-state index contributed by atoms with van der Waals surface area (Å²) in [4.78, 5) is 12.3. The van der Waals surface area contributed by atoms with Crippen molar-refractivity contribution in [2.75, 3.05) is 32.8 Å². The molecule has 1 unspecified atom stereocenters. The van der Waals surface area contributed by atoms with Crippen molar-refractivity contribution in [3.63, 3.8) is 0 Å². The third-order valence-corrected chi connectivity index (χ3v) is 6.02. The van der Waals surface area contributed by atoms with Crippen LogP contribution in [0, 0.1) is 0 Å². The minimum atomic E-state index is -3.45. The number of amides is 1. The molecule has 1 heterocycles. The lowest BCUT2D eigenvalue weighted by Crippen LogP contribution is -2.47. The second-order valence-corrected chi connectivity index (χ2v) is 7.45. The molecule has 1 aliphatic rings. The molecule has 0 aliphatic carbocycles. The lowest BCUT2D eigenvalue weighted by Gasteiger charge is -2.22. The number of morpholine rings is 1. The monoisotopic (exact) mass is 391 g/mol. The Balaban J connectivity index is 0.00000312. The van der Waals surface area contributed by atoms with Crippen molar-refractivity contribution in [3.05, 3.63) is 29.8 Å². The molecule has 2 N–H and O–H groups in total. The van der Waals surface area contributed by atoms with Gasteiger partial charge in [0.1, 0.15) is 6.10 Å². The van der Waals surface area contributed by atoms with E-state index in [4.69, 9.17) is 4.74 Å². The number of hydrogen-bond acceptors (Lipinski definition) is 5. The second kappa shape index (κ2) is 10.1. The van der Waals surface area contributed by atoms with Crippen molar-refractivity contribution in [3.8, 4) is 0 Å². The number of carbonyl (C=O) groups excluding carboxylic acids is 1. The van der Waals surface area contributed by atoms with Crippen LogP contribution in [0.15, 0.2) is 29.2 Å². The molecule has 1 aromatic carbocycles. The SMILES string of the molecule is CCN(CC)S(=O)(=O)c1ccc(CNC(=O)C2CNCCO2)cc1.Cl. The lowest BCUT2D eigenvalue weighted by atomic mass is 10.2. The summed E-state index contributed by atoms with van der Waals surface area (Å²) in [7, 11) is -3.45. The Bertz CT molecular complexity index is 642. The van der Waals surface area contributed by atoms with E-state index in [1.807, 2.05) is 13.8 Å². The van der Waals surface area contributed by atoms with Gasteiger partial charge < -0.3 is 15.4 Å². The first kappa shape index (κ1) is 21.9. The fourth-order valence-electron chi connectivity index (χ4n) is 2.53. The maximum Gasteiger partial charge on any atom is 0.250 e. The van der Waals surface area contributed by atoms with Gasteiger partial charge in [-0.05, 0) is 17.7 Å². The van der Waals surface area contributed by atoms with Crippen molar-refractivity contribution in [2.45, 2.75) is 31.4 Å². The van der Waals surface area contributed by atoms with Crippen LogP contribution in [0.2, 0.25) is 0 Å². The number of rotatable bonds is 7. The molecule has 1 atom stereocenters. The highest BCUT2D eigenvalue weighted by atomic mass is 35.5. The number of sulfonamides is 1. The Labute approximate surface area is 155 Å². The largest absolute Gasteiger partial charge is 0.366 e. The molecule has 1 aromatic rings. The van der Waals surface area contributed by atoms with Crippen molar-refractivity contribution in [2.24, 2.45) is 0 Å². The molecule has 1 saturated heterocycles. The molecule has 25 heavy (non-hydrogen) atoms. The summed E-state index contributed by atoms with van der Waals surface area (Å²) in [6, 6.07) is 6.59. The topological polar surface area (TPSA) is 87.7 Å². The molecule has 0 spiro atoms. The number of carbonyl (C=O) groups is 1. The molecule has 2 rings (SSSR count). The lowest BCUT2D eigenvalue weighted by molar-refractivity contribution is -0.134. The number of hydrogen-bond donors (Lipinski definition) is 2. The Morgan fingerprint density at radius 3 is 2.44 bits per heavy atom. The molecule has 7 nitrogen and oxygen atoms in total. The van der Waals surface area contributed by atoms with Gasteiger partial charge in [-0.15, -0.1) is 12.4 Å². The second-order valence-electron chi connectivity index (χ2n) is 5.51. The minimum absolute atomic E-state index is 0. The normalized spacial score (nSPS) is 17.8. The van der Waals surface area contributed by atoms with Crippen LogP contribution < -0.4 is 10.6 Å². The first-order chi connectivity index (χ1) is 11.5. The van der Waals surface area contributed by atoms with E-state index >= 15 is 0 Å². The quantitative estimate of drug-likeness (QED) is 0.716. The van der Waals surface area contributed by atoms with Crippen LogP contribution in [0.3, 0.4) is 0 Å². The van der Waals surface area contributed by atoms with Gasteiger partial charge in [0, 0.05) is 32.7 Å². The molecule has 1 amide bonds. The van der Waals surface area contributed by atoms with Crippen LogP contribution in [-0.2, 0) is 26.1 Å². The average Bonchev–Trinajstić information content (AvgIpc) is 2.61. The average molecular weight is 392 g/mol. The molecule has 1 fully saturated rings. The summed E-state index contributed by atoms with van der Waals surface area (Å²) in [6.45, 7) is 6.62. The van der Waals surface area contributed by atoms with E-state index in [2.05, 4.69) is 10.6 Å². The Morgan fingerprint density at radius 1 is 1.28 bits per heavy atom. The van der Waals surface area contributed by atoms with E-state index in [9.17, 15) is 13.2 Å². The van der Waals surface area contributed by atoms with Gasteiger partial charge in [0.15, 0.2) is 0 Å². The van der Waals surface area contributed by atoms with Gasteiger partial charge in [-0.2, -0.15) is 4.31 Å². The van der Waals surface area contributed by atoms with Crippen molar-refractivity contribution >= 4 is 28.3 Å². The third kappa shape index (κ3) is 5.65. The van der Waals surface area contributed by atoms with E-state index in [0.717, 1.165) is 12.1 Å². The summed E-state index contributed by atoms with van der Waals surface area (Å²) in [5, 5.41) is 5.91. The fourth-order valence-corrected chi connectivity index (χ4v) is 3.99. The molecular formula is C16H26ClN3O4S. The van der Waals surface area contributed by atoms with E-state index in [-0.39, 0.29) is 23.2 Å². The maximum atomic E-state index is 12.4. The Hall–Kier alpha value is -1.19. The number of nitrogens with zero attached hydrogens (tertiary/aromatic N) is 1. The summed E-state index contributed by atoms with van der Waals surface area (Å²) >= 11 is 0. The van der Waals surface area contributed by atoms with Gasteiger partial charge >= 0.3 is 0 Å². The molecule has 0 bridgehead atoms. The summed E-state index contributed by atoms with van der Waals surface area (Å²) in [5.74, 6) is -0.165. The first-order valence-electron chi connectivity index (χ1n) is 8.18. The number of ether oxygens (including phenoxy) is 1. The maximum absolute atomic E-state index is 12.4. The van der Waals surface area contributed by atoms with Gasteiger partial charge in [-0.25, -0.2) is 8.42 Å². The Morgan fingerprint density at radius 2 is 1.92 bits per heavy atom. The van der Waals surface area contributed by atoms with Gasteiger partial charge in [0.25, 0.3) is 5.91 Å². The van der Waals surface area contributed by atoms with Gasteiger partial charge in [0.2, 0.25) is 10.0 Å². The smallest absolute Gasteiger partial charge is 0.250 e. The summed E-state index contributed by atoms with van der Waals surface area (Å²) < 4.78 is 31.6. The van der Waals surface area contributed by atoms with E-state index in [1.165, 1.54) is 4.31 Å². The minimum Gasteiger partial charge on any atom is -0.366 e. The van der Waals surface area contributed by atoms with Crippen LogP contribution in [0.4, 0.5) is 0 Å². The van der Waals surface area contributed by atoms with E-state index in [1.54, 1.807) is 24.3 Å². The Kier molecular flexibility index (Phi) is 8.81. The van der Waals surface area contributed by atoms with Crippen LogP contribution >= 0.6 is 12.4 Å². The van der Waals surface area contributed by atoms with Crippen molar-refractivity contribution in [1.82, 2.24) is 14.9 Å². The zero-order valence-electron chi connectivity index (χ0n) is 14.5. The zero-order valence-corrected chi connectivity index (χ0v) is 16.2. The predicted molar refractivity (Wildman–Crippen MR) is 98.3 cm³/mol. The molecule has 0 saturated carbocycles. The molecule has 142 valence electrons. The van der Waals surface area contributed by atoms with Crippen LogP contribution in [0.5, 0.6) is 0 Å². The number of benzene rings is 1. The summed E-state index contributed by atoms with van der Waals surface area (Å²) in [6.07, 6.45) is -0.471. The molecule has 0 aromatic heterocycles. The highest BCUT2D eigenvalue weighted by Crippen LogP contribution is 2.16. The number of nitrogens with one attached hydrogen (secondary N) is 2. The predicted octanol–water partition coefficient (Wildman–Crippen LogP) is 0.744. The van der Waals surface area contributed by atoms with Crippen LogP contribution in [0.1, 0.15) is 19.4 Å². The molecule has 1 aliphatic heterocycles. The highest BCUT2D eigenvalue weighted by molar-refractivity contribution is 7.89. The zero-order chi connectivity index (χ0) is 17.6. The van der Waals surface area contributed by atoms with Gasteiger partial charge in [-0.1, -0.05) is 26.0 Å². The first-order valence-corrected chi connectivity index (χ1v) is 9.62. The molecular weight excluding hydrogens is 366 g/mol. The van der Waals surface area contributed by atoms with Crippen LogP contribution in [-0.4, -0.2) is 57.5 Å². The third-order valence-electron chi connectivity index (χ3n) is 3.95. The van der Waals surface area contributed by atoms with E-state index in [0.29, 0.717) is 32.8 Å². The summed E-state index contributed by atoms with van der Waals surface area (Å²) in [5.41, 5.74) is 0.839. The highest BCUT2D eigenvalue weighted by Gasteiger charge is 2.22. The van der Waals surface area contributed by atoms with Crippen molar-refractivity contribution < 1.29 is 17.9 Å². The van der Waals surface area contributed by atoms with E-state index < -0.39 is 16.1 Å². The molecule has 0 radical (unpaired) electrons. The van der Waals surface area contributed by atoms with Gasteiger partial charge in [0.05, 0.1) is 11.5 Å².